The molecule has 0 amide bonds. The molecule has 0 unspecified atom stereocenters. The molecule has 1 rings (SSSR count). The Labute approximate surface area is 67.2 Å². The number of hydrogen-bond acceptors (Lipinski definition) is 2. The van der Waals surface area contributed by atoms with E-state index in [1.54, 1.807) is 0 Å². The summed E-state index contributed by atoms with van der Waals surface area (Å²) < 4.78 is 1.87. The van der Waals surface area contributed by atoms with Crippen LogP contribution in [0, 0.1) is 5.41 Å². The van der Waals surface area contributed by atoms with Crippen LogP contribution in [0.15, 0.2) is 12.3 Å². The number of aromatic nitrogens is 2. The second-order valence-corrected chi connectivity index (χ2v) is 4.00. The molecule has 0 spiro atoms. The molecule has 0 radical (unpaired) electrons. The maximum atomic E-state index is 5.47. The molecule has 0 aliphatic rings. The highest BCUT2D eigenvalue weighted by molar-refractivity contribution is 5.23. The van der Waals surface area contributed by atoms with Gasteiger partial charge in [0, 0.05) is 12.7 Å². The number of nitrogen functional groups attached to an aromatic ring is 1. The number of nitrogens with two attached hydrogens (primary N) is 1. The summed E-state index contributed by atoms with van der Waals surface area (Å²) in [6.45, 7) is 7.42. The van der Waals surface area contributed by atoms with Gasteiger partial charge in [-0.15, -0.1) is 0 Å². The Hall–Kier alpha value is -0.990. The summed E-state index contributed by atoms with van der Waals surface area (Å²) in [5.74, 6) is 0.592. The zero-order valence-corrected chi connectivity index (χ0v) is 7.33. The van der Waals surface area contributed by atoms with E-state index in [4.69, 9.17) is 5.73 Å². The molecule has 0 saturated heterocycles. The van der Waals surface area contributed by atoms with Crippen LogP contribution < -0.4 is 5.73 Å². The largest absolute Gasteiger partial charge is 0.382 e. The van der Waals surface area contributed by atoms with Crippen LogP contribution in [0.25, 0.3) is 0 Å². The molecule has 0 bridgehead atoms. The van der Waals surface area contributed by atoms with E-state index in [9.17, 15) is 0 Å². The molecular formula is C8H15N3. The first-order valence-electron chi connectivity index (χ1n) is 3.76. The van der Waals surface area contributed by atoms with Crippen molar-refractivity contribution >= 4 is 5.82 Å². The number of hydrogen-bond donors (Lipinski definition) is 1. The summed E-state index contributed by atoms with van der Waals surface area (Å²) in [4.78, 5) is 0. The van der Waals surface area contributed by atoms with E-state index in [0.29, 0.717) is 5.82 Å². The highest BCUT2D eigenvalue weighted by Crippen LogP contribution is 2.15. The van der Waals surface area contributed by atoms with Crippen molar-refractivity contribution < 1.29 is 0 Å². The fourth-order valence-corrected chi connectivity index (χ4v) is 0.951. The lowest BCUT2D eigenvalue weighted by molar-refractivity contribution is 0.326. The Morgan fingerprint density at radius 1 is 1.55 bits per heavy atom. The Bertz CT molecular complexity index is 232. The second-order valence-electron chi connectivity index (χ2n) is 4.00. The zero-order valence-electron chi connectivity index (χ0n) is 7.33. The smallest absolute Gasteiger partial charge is 0.145 e. The van der Waals surface area contributed by atoms with E-state index in [-0.39, 0.29) is 5.41 Å². The molecule has 1 aromatic heterocycles. The molecule has 0 atom stereocenters. The van der Waals surface area contributed by atoms with Crippen molar-refractivity contribution in [1.82, 2.24) is 9.78 Å². The number of anilines is 1. The summed E-state index contributed by atoms with van der Waals surface area (Å²) in [6, 6.07) is 1.81. The fraction of sp³-hybridized carbons (Fsp3) is 0.625. The number of nitrogens with zero attached hydrogens (tertiary/aromatic N) is 2. The SMILES string of the molecule is CC(C)(C)Cn1ccc(N)n1. The zero-order chi connectivity index (χ0) is 8.48. The molecule has 1 heterocycles. The highest BCUT2D eigenvalue weighted by Gasteiger charge is 2.10. The van der Waals surface area contributed by atoms with E-state index in [1.165, 1.54) is 0 Å². The van der Waals surface area contributed by atoms with Crippen LogP contribution in [0.4, 0.5) is 5.82 Å². The minimum Gasteiger partial charge on any atom is -0.382 e. The molecule has 62 valence electrons. The molecule has 1 aromatic rings. The third-order valence-electron chi connectivity index (χ3n) is 1.30. The molecule has 0 aliphatic heterocycles. The summed E-state index contributed by atoms with van der Waals surface area (Å²) >= 11 is 0. The fourth-order valence-electron chi connectivity index (χ4n) is 0.951. The average Bonchev–Trinajstić information content (AvgIpc) is 2.10. The van der Waals surface area contributed by atoms with Gasteiger partial charge in [-0.25, -0.2) is 0 Å². The van der Waals surface area contributed by atoms with Gasteiger partial charge < -0.3 is 5.73 Å². The standard InChI is InChI=1S/C8H15N3/c1-8(2,3)6-11-5-4-7(9)10-11/h4-5H,6H2,1-3H3,(H2,9,10). The molecule has 0 aliphatic carbocycles. The molecule has 0 saturated carbocycles. The van der Waals surface area contributed by atoms with Crippen molar-refractivity contribution in [3.63, 3.8) is 0 Å². The van der Waals surface area contributed by atoms with Crippen molar-refractivity contribution in [2.24, 2.45) is 5.41 Å². The van der Waals surface area contributed by atoms with E-state index in [2.05, 4.69) is 25.9 Å². The second kappa shape index (κ2) is 2.57. The number of rotatable bonds is 1. The topological polar surface area (TPSA) is 43.8 Å². The van der Waals surface area contributed by atoms with Crippen molar-refractivity contribution in [3.8, 4) is 0 Å². The Kier molecular flexibility index (Phi) is 1.89. The highest BCUT2D eigenvalue weighted by atomic mass is 15.3. The van der Waals surface area contributed by atoms with Crippen LogP contribution in [0.1, 0.15) is 20.8 Å². The van der Waals surface area contributed by atoms with E-state index < -0.39 is 0 Å². The first kappa shape index (κ1) is 8.11. The van der Waals surface area contributed by atoms with Gasteiger partial charge in [-0.2, -0.15) is 5.10 Å². The van der Waals surface area contributed by atoms with Gasteiger partial charge in [0.05, 0.1) is 0 Å². The van der Waals surface area contributed by atoms with Gasteiger partial charge in [-0.05, 0) is 11.5 Å². The van der Waals surface area contributed by atoms with Crippen molar-refractivity contribution in [3.05, 3.63) is 12.3 Å². The van der Waals surface area contributed by atoms with Crippen LogP contribution in [-0.2, 0) is 6.54 Å². The Morgan fingerprint density at radius 3 is 2.55 bits per heavy atom. The van der Waals surface area contributed by atoms with Crippen LogP contribution in [0.5, 0.6) is 0 Å². The molecule has 11 heavy (non-hydrogen) atoms. The summed E-state index contributed by atoms with van der Waals surface area (Å²) in [5, 5.41) is 4.09. The maximum Gasteiger partial charge on any atom is 0.145 e. The predicted molar refractivity (Wildman–Crippen MR) is 46.1 cm³/mol. The Morgan fingerprint density at radius 2 is 2.18 bits per heavy atom. The molecule has 2 N–H and O–H groups in total. The summed E-state index contributed by atoms with van der Waals surface area (Å²) in [6.07, 6.45) is 1.90. The van der Waals surface area contributed by atoms with Gasteiger partial charge in [-0.3, -0.25) is 4.68 Å². The molecule has 0 fully saturated rings. The van der Waals surface area contributed by atoms with Crippen molar-refractivity contribution in [2.75, 3.05) is 5.73 Å². The van der Waals surface area contributed by atoms with Gasteiger partial charge in [0.2, 0.25) is 0 Å². The Balaban J connectivity index is 2.65. The van der Waals surface area contributed by atoms with E-state index in [0.717, 1.165) is 6.54 Å². The third-order valence-corrected chi connectivity index (χ3v) is 1.30. The van der Waals surface area contributed by atoms with Gasteiger partial charge in [0.15, 0.2) is 0 Å². The summed E-state index contributed by atoms with van der Waals surface area (Å²) in [7, 11) is 0. The average molecular weight is 153 g/mol. The predicted octanol–water partition coefficient (Wildman–Crippen LogP) is 1.51. The van der Waals surface area contributed by atoms with Crippen LogP contribution in [0.2, 0.25) is 0 Å². The third kappa shape index (κ3) is 2.62. The monoisotopic (exact) mass is 153 g/mol. The van der Waals surface area contributed by atoms with E-state index in [1.807, 2.05) is 16.9 Å². The molecule has 0 aromatic carbocycles. The lowest BCUT2D eigenvalue weighted by Gasteiger charge is -2.17. The van der Waals surface area contributed by atoms with Gasteiger partial charge in [0.25, 0.3) is 0 Å². The quantitative estimate of drug-likeness (QED) is 0.664. The molecular weight excluding hydrogens is 138 g/mol. The van der Waals surface area contributed by atoms with Crippen molar-refractivity contribution in [2.45, 2.75) is 27.3 Å². The van der Waals surface area contributed by atoms with Gasteiger partial charge in [0.1, 0.15) is 5.82 Å². The normalized spacial score (nSPS) is 11.9. The minimum atomic E-state index is 0.262. The van der Waals surface area contributed by atoms with Gasteiger partial charge in [-0.1, -0.05) is 20.8 Å². The van der Waals surface area contributed by atoms with Crippen molar-refractivity contribution in [1.29, 1.82) is 0 Å². The maximum absolute atomic E-state index is 5.47. The van der Waals surface area contributed by atoms with Crippen LogP contribution in [-0.4, -0.2) is 9.78 Å². The lowest BCUT2D eigenvalue weighted by Crippen LogP contribution is -2.15. The van der Waals surface area contributed by atoms with E-state index >= 15 is 0 Å². The minimum absolute atomic E-state index is 0.262. The first-order chi connectivity index (χ1) is 4.97. The lowest BCUT2D eigenvalue weighted by atomic mass is 9.97. The van der Waals surface area contributed by atoms with Gasteiger partial charge >= 0.3 is 0 Å². The van der Waals surface area contributed by atoms with Crippen LogP contribution in [0.3, 0.4) is 0 Å². The first-order valence-corrected chi connectivity index (χ1v) is 3.76. The van der Waals surface area contributed by atoms with Crippen LogP contribution >= 0.6 is 0 Å². The molecule has 3 heteroatoms. The summed E-state index contributed by atoms with van der Waals surface area (Å²) in [5.41, 5.74) is 5.73. The molecule has 3 nitrogen and oxygen atoms in total.